The van der Waals surface area contributed by atoms with Gasteiger partial charge in [0.05, 0.1) is 36.1 Å². The molecule has 1 heterocycles. The molecule has 2 N–H and O–H groups in total. The first kappa shape index (κ1) is 22.7. The number of nitrogens with zero attached hydrogens (tertiary/aromatic N) is 1. The Bertz CT molecular complexity index is 869. The molecule has 0 saturated heterocycles. The van der Waals surface area contributed by atoms with E-state index in [-0.39, 0.29) is 29.9 Å². The van der Waals surface area contributed by atoms with E-state index in [0.717, 1.165) is 11.3 Å². The van der Waals surface area contributed by atoms with E-state index < -0.39 is 5.97 Å². The zero-order chi connectivity index (χ0) is 21.2. The van der Waals surface area contributed by atoms with Crippen molar-refractivity contribution in [1.29, 1.82) is 0 Å². The van der Waals surface area contributed by atoms with Crippen LogP contribution in [-0.2, 0) is 14.3 Å². The normalized spacial score (nSPS) is 10.3. The highest BCUT2D eigenvalue weighted by molar-refractivity contribution is 8.00. The van der Waals surface area contributed by atoms with E-state index in [2.05, 4.69) is 15.6 Å². The maximum atomic E-state index is 12.1. The molecule has 0 bridgehead atoms. The minimum absolute atomic E-state index is 0.0773. The molecule has 8 nitrogen and oxygen atoms in total. The number of amides is 2. The first-order valence-corrected chi connectivity index (χ1v) is 11.0. The maximum Gasteiger partial charge on any atom is 0.350 e. The Kier molecular flexibility index (Phi) is 8.94. The van der Waals surface area contributed by atoms with Gasteiger partial charge >= 0.3 is 5.97 Å². The highest BCUT2D eigenvalue weighted by atomic mass is 32.2. The Labute approximate surface area is 177 Å². The monoisotopic (exact) mass is 437 g/mol. The molecule has 1 aromatic carbocycles. The summed E-state index contributed by atoms with van der Waals surface area (Å²) in [5.41, 5.74) is 1.10. The summed E-state index contributed by atoms with van der Waals surface area (Å²) in [5.74, 6) is -0.206. The molecule has 0 fully saturated rings. The molecule has 0 saturated carbocycles. The lowest BCUT2D eigenvalue weighted by Crippen LogP contribution is -2.18. The predicted octanol–water partition coefficient (Wildman–Crippen LogP) is 3.34. The van der Waals surface area contributed by atoms with Crippen molar-refractivity contribution < 1.29 is 23.9 Å². The highest BCUT2D eigenvalue weighted by Crippen LogP contribution is 2.25. The van der Waals surface area contributed by atoms with E-state index in [0.29, 0.717) is 33.7 Å². The van der Waals surface area contributed by atoms with Gasteiger partial charge in [0.2, 0.25) is 11.8 Å². The van der Waals surface area contributed by atoms with Gasteiger partial charge in [-0.05, 0) is 32.9 Å². The molecule has 2 amide bonds. The zero-order valence-corrected chi connectivity index (χ0v) is 18.1. The second-order valence-corrected chi connectivity index (χ2v) is 7.66. The lowest BCUT2D eigenvalue weighted by Gasteiger charge is -2.11. The van der Waals surface area contributed by atoms with Crippen LogP contribution in [0.5, 0.6) is 5.75 Å². The minimum atomic E-state index is -0.457. The number of thiazole rings is 1. The number of esters is 1. The molecule has 2 aromatic rings. The third kappa shape index (κ3) is 7.06. The fourth-order valence-corrected chi connectivity index (χ4v) is 3.76. The van der Waals surface area contributed by atoms with Crippen LogP contribution in [0.1, 0.15) is 29.2 Å². The first-order valence-electron chi connectivity index (χ1n) is 8.98. The van der Waals surface area contributed by atoms with Crippen molar-refractivity contribution in [1.82, 2.24) is 4.98 Å². The molecule has 10 heteroatoms. The molecule has 1 aromatic heterocycles. The van der Waals surface area contributed by atoms with Gasteiger partial charge in [0, 0.05) is 0 Å². The minimum Gasteiger partial charge on any atom is -0.492 e. The third-order valence-electron chi connectivity index (χ3n) is 3.43. The molecule has 0 radical (unpaired) electrons. The van der Waals surface area contributed by atoms with Gasteiger partial charge in [-0.25, -0.2) is 9.78 Å². The number of carbonyl (C=O) groups excluding carboxylic acids is 3. The smallest absolute Gasteiger partial charge is 0.350 e. The Morgan fingerprint density at radius 3 is 2.45 bits per heavy atom. The van der Waals surface area contributed by atoms with Crippen molar-refractivity contribution in [2.24, 2.45) is 0 Å². The van der Waals surface area contributed by atoms with Crippen LogP contribution in [0.25, 0.3) is 0 Å². The van der Waals surface area contributed by atoms with Gasteiger partial charge < -0.3 is 20.1 Å². The molecule has 156 valence electrons. The van der Waals surface area contributed by atoms with E-state index >= 15 is 0 Å². The highest BCUT2D eigenvalue weighted by Gasteiger charge is 2.17. The SMILES string of the molecule is CCOC(=O)c1sc(NC(=O)CSCC(=O)Nc2ccccc2OCC)nc1C. The van der Waals surface area contributed by atoms with Crippen LogP contribution in [0.15, 0.2) is 24.3 Å². The van der Waals surface area contributed by atoms with Crippen molar-refractivity contribution in [3.8, 4) is 5.75 Å². The number of para-hydroxylation sites is 2. The Hall–Kier alpha value is -2.59. The number of benzene rings is 1. The third-order valence-corrected chi connectivity index (χ3v) is 5.42. The summed E-state index contributed by atoms with van der Waals surface area (Å²) < 4.78 is 10.4. The predicted molar refractivity (Wildman–Crippen MR) is 115 cm³/mol. The van der Waals surface area contributed by atoms with Crippen LogP contribution in [-0.4, -0.2) is 47.5 Å². The summed E-state index contributed by atoms with van der Waals surface area (Å²) in [5, 5.41) is 5.74. The molecule has 0 aliphatic rings. The fraction of sp³-hybridized carbons (Fsp3) is 0.368. The van der Waals surface area contributed by atoms with E-state index in [1.54, 1.807) is 32.0 Å². The number of thioether (sulfide) groups is 1. The largest absolute Gasteiger partial charge is 0.492 e. The van der Waals surface area contributed by atoms with E-state index in [1.165, 1.54) is 11.8 Å². The van der Waals surface area contributed by atoms with Gasteiger partial charge in [-0.1, -0.05) is 23.5 Å². The van der Waals surface area contributed by atoms with Gasteiger partial charge in [0.1, 0.15) is 10.6 Å². The maximum absolute atomic E-state index is 12.1. The summed E-state index contributed by atoms with van der Waals surface area (Å²) in [6.07, 6.45) is 0. The number of ether oxygens (including phenoxy) is 2. The van der Waals surface area contributed by atoms with E-state index in [4.69, 9.17) is 9.47 Å². The second kappa shape index (κ2) is 11.4. The van der Waals surface area contributed by atoms with Crippen molar-refractivity contribution in [2.45, 2.75) is 20.8 Å². The van der Waals surface area contributed by atoms with Crippen LogP contribution in [0, 0.1) is 6.92 Å². The van der Waals surface area contributed by atoms with Gasteiger partial charge in [-0.3, -0.25) is 9.59 Å². The summed E-state index contributed by atoms with van der Waals surface area (Å²) >= 11 is 2.24. The Balaban J connectivity index is 1.79. The number of aromatic nitrogens is 1. The zero-order valence-electron chi connectivity index (χ0n) is 16.4. The van der Waals surface area contributed by atoms with Crippen LogP contribution >= 0.6 is 23.1 Å². The van der Waals surface area contributed by atoms with Crippen molar-refractivity contribution in [3.63, 3.8) is 0 Å². The van der Waals surface area contributed by atoms with Gasteiger partial charge in [-0.15, -0.1) is 11.8 Å². The van der Waals surface area contributed by atoms with Crippen molar-refractivity contribution >= 4 is 51.7 Å². The van der Waals surface area contributed by atoms with Gasteiger partial charge in [-0.2, -0.15) is 0 Å². The number of nitrogens with one attached hydrogen (secondary N) is 2. The van der Waals surface area contributed by atoms with Crippen molar-refractivity contribution in [3.05, 3.63) is 34.8 Å². The topological polar surface area (TPSA) is 107 Å². The van der Waals surface area contributed by atoms with Crippen LogP contribution in [0.3, 0.4) is 0 Å². The molecule has 0 aliphatic heterocycles. The fourth-order valence-electron chi connectivity index (χ4n) is 2.27. The van der Waals surface area contributed by atoms with Crippen LogP contribution in [0.2, 0.25) is 0 Å². The average molecular weight is 438 g/mol. The number of anilines is 2. The summed E-state index contributed by atoms with van der Waals surface area (Å²) in [4.78, 5) is 40.5. The van der Waals surface area contributed by atoms with Crippen molar-refractivity contribution in [2.75, 3.05) is 35.4 Å². The Morgan fingerprint density at radius 1 is 1.07 bits per heavy atom. The van der Waals surface area contributed by atoms with E-state index in [9.17, 15) is 14.4 Å². The van der Waals surface area contributed by atoms with Gasteiger partial charge in [0.25, 0.3) is 0 Å². The average Bonchev–Trinajstić information content (AvgIpc) is 3.04. The lowest BCUT2D eigenvalue weighted by atomic mass is 10.3. The van der Waals surface area contributed by atoms with Gasteiger partial charge in [0.15, 0.2) is 5.13 Å². The summed E-state index contributed by atoms with van der Waals surface area (Å²) in [7, 11) is 0. The number of hydrogen-bond donors (Lipinski definition) is 2. The number of aryl methyl sites for hydroxylation is 1. The summed E-state index contributed by atoms with van der Waals surface area (Å²) in [6.45, 7) is 6.03. The van der Waals surface area contributed by atoms with E-state index in [1.807, 2.05) is 13.0 Å². The van der Waals surface area contributed by atoms with Crippen LogP contribution in [0.4, 0.5) is 10.8 Å². The number of carbonyl (C=O) groups is 3. The number of rotatable bonds is 10. The molecule has 29 heavy (non-hydrogen) atoms. The molecular formula is C19H23N3O5S2. The molecule has 0 spiro atoms. The molecule has 0 unspecified atom stereocenters. The summed E-state index contributed by atoms with van der Waals surface area (Å²) in [6, 6.07) is 7.17. The molecule has 0 aliphatic carbocycles. The quantitative estimate of drug-likeness (QED) is 0.549. The first-order chi connectivity index (χ1) is 13.9. The lowest BCUT2D eigenvalue weighted by molar-refractivity contribution is -0.114. The second-order valence-electron chi connectivity index (χ2n) is 5.67. The number of hydrogen-bond acceptors (Lipinski definition) is 8. The van der Waals surface area contributed by atoms with Crippen LogP contribution < -0.4 is 15.4 Å². The standard InChI is InChI=1S/C19H23N3O5S2/c1-4-26-14-9-7-6-8-13(14)21-15(23)10-28-11-16(24)22-19-20-12(3)17(29-19)18(25)27-5-2/h6-9H,4-5,10-11H2,1-3H3,(H,21,23)(H,20,22,24). The molecule has 0 atom stereocenters. The molecular weight excluding hydrogens is 414 g/mol. The Morgan fingerprint density at radius 2 is 1.76 bits per heavy atom. The molecule has 2 rings (SSSR count).